The maximum atomic E-state index is 15.0. The number of hydrogen-bond donors (Lipinski definition) is 3. The van der Waals surface area contributed by atoms with E-state index in [1.807, 2.05) is 5.48 Å². The molecule has 0 heterocycles. The standard InChI is InChI=1S/C24H28F2N2O5/c1-23(2,3)33-28-20(15-29)24(25,26)21(30)19(14-17-10-6-4-7-11-17)27-22(31)32-16-18-12-8-5-9-13-18/h4-13,19,21,28,30H,14,16H2,1-3H3,(H,27,31). The zero-order valence-corrected chi connectivity index (χ0v) is 18.7. The summed E-state index contributed by atoms with van der Waals surface area (Å²) in [6.07, 6.45) is -3.63. The fraction of sp³-hybridized carbons (Fsp3) is 0.375. The molecular formula is C24H28F2N2O5. The fourth-order valence-corrected chi connectivity index (χ4v) is 2.79. The van der Waals surface area contributed by atoms with Crippen molar-refractivity contribution in [3.8, 4) is 0 Å². The van der Waals surface area contributed by atoms with Crippen LogP contribution in [-0.4, -0.2) is 40.8 Å². The summed E-state index contributed by atoms with van der Waals surface area (Å²) in [6.45, 7) is 4.66. The highest BCUT2D eigenvalue weighted by Gasteiger charge is 2.49. The Kier molecular flexibility index (Phi) is 9.11. The first-order valence-electron chi connectivity index (χ1n) is 10.3. The van der Waals surface area contributed by atoms with Crippen LogP contribution in [0.1, 0.15) is 31.9 Å². The van der Waals surface area contributed by atoms with E-state index in [4.69, 9.17) is 9.57 Å². The van der Waals surface area contributed by atoms with E-state index in [1.165, 1.54) is 0 Å². The van der Waals surface area contributed by atoms with Crippen LogP contribution in [-0.2, 0) is 27.4 Å². The number of ether oxygens (including phenoxy) is 1. The average Bonchev–Trinajstić information content (AvgIpc) is 2.77. The lowest BCUT2D eigenvalue weighted by Crippen LogP contribution is -2.55. The lowest BCUT2D eigenvalue weighted by atomic mass is 9.96. The molecule has 0 saturated heterocycles. The van der Waals surface area contributed by atoms with Crippen LogP contribution in [0.3, 0.4) is 0 Å². The Morgan fingerprint density at radius 3 is 2.09 bits per heavy atom. The zero-order chi connectivity index (χ0) is 24.5. The minimum atomic E-state index is -4.11. The molecule has 0 aromatic heterocycles. The number of carbonyl (C=O) groups is 1. The minimum Gasteiger partial charge on any atom is -0.445 e. The van der Waals surface area contributed by atoms with Gasteiger partial charge in [-0.05, 0) is 38.3 Å². The second kappa shape index (κ2) is 11.6. The van der Waals surface area contributed by atoms with Crippen molar-refractivity contribution in [1.82, 2.24) is 10.8 Å². The van der Waals surface area contributed by atoms with E-state index in [1.54, 1.807) is 81.4 Å². The first-order valence-corrected chi connectivity index (χ1v) is 10.3. The topological polar surface area (TPSA) is 96.9 Å². The van der Waals surface area contributed by atoms with Gasteiger partial charge in [-0.25, -0.2) is 9.59 Å². The van der Waals surface area contributed by atoms with Gasteiger partial charge in [0.1, 0.15) is 12.7 Å². The predicted octanol–water partition coefficient (Wildman–Crippen LogP) is 3.56. The maximum absolute atomic E-state index is 15.0. The molecular weight excluding hydrogens is 434 g/mol. The van der Waals surface area contributed by atoms with Crippen molar-refractivity contribution in [2.45, 2.75) is 57.5 Å². The number of aliphatic hydroxyl groups is 1. The van der Waals surface area contributed by atoms with Gasteiger partial charge >= 0.3 is 12.0 Å². The Hall–Kier alpha value is -3.26. The van der Waals surface area contributed by atoms with E-state index in [2.05, 4.69) is 5.32 Å². The predicted molar refractivity (Wildman–Crippen MR) is 118 cm³/mol. The third-order valence-electron chi connectivity index (χ3n) is 4.46. The summed E-state index contributed by atoms with van der Waals surface area (Å²) >= 11 is 0. The number of halogens is 2. The Morgan fingerprint density at radius 1 is 1.03 bits per heavy atom. The molecule has 2 atom stereocenters. The van der Waals surface area contributed by atoms with E-state index < -0.39 is 35.5 Å². The molecule has 0 saturated carbocycles. The largest absolute Gasteiger partial charge is 0.445 e. The van der Waals surface area contributed by atoms with E-state index in [0.717, 1.165) is 5.94 Å². The summed E-state index contributed by atoms with van der Waals surface area (Å²) in [6, 6.07) is 15.8. The van der Waals surface area contributed by atoms with Crippen molar-refractivity contribution in [1.29, 1.82) is 0 Å². The Labute approximate surface area is 191 Å². The lowest BCUT2D eigenvalue weighted by molar-refractivity contribution is -0.127. The molecule has 0 bridgehead atoms. The van der Waals surface area contributed by atoms with Crippen LogP contribution in [0.4, 0.5) is 13.6 Å². The van der Waals surface area contributed by atoms with Gasteiger partial charge in [0.15, 0.2) is 11.6 Å². The van der Waals surface area contributed by atoms with Gasteiger partial charge in [0.05, 0.1) is 11.6 Å². The molecule has 3 N–H and O–H groups in total. The normalized spacial score (nSPS) is 13.4. The van der Waals surface area contributed by atoms with Crippen molar-refractivity contribution < 1.29 is 33.1 Å². The summed E-state index contributed by atoms with van der Waals surface area (Å²) in [5.41, 5.74) is 0.984. The van der Waals surface area contributed by atoms with Gasteiger partial charge in [-0.2, -0.15) is 8.78 Å². The van der Waals surface area contributed by atoms with Crippen molar-refractivity contribution >= 4 is 12.0 Å². The van der Waals surface area contributed by atoms with Crippen LogP contribution in [0.5, 0.6) is 0 Å². The highest BCUT2D eigenvalue weighted by atomic mass is 19.3. The summed E-state index contributed by atoms with van der Waals surface area (Å²) in [5, 5.41) is 12.8. The van der Waals surface area contributed by atoms with E-state index >= 15 is 8.78 Å². The summed E-state index contributed by atoms with van der Waals surface area (Å²) < 4.78 is 35.2. The van der Waals surface area contributed by atoms with Gasteiger partial charge in [0.25, 0.3) is 0 Å². The second-order valence-electron chi connectivity index (χ2n) is 8.36. The minimum absolute atomic E-state index is 0.0856. The molecule has 0 aliphatic heterocycles. The van der Waals surface area contributed by atoms with Gasteiger partial charge in [-0.15, -0.1) is 0 Å². The number of aliphatic hydroxyl groups excluding tert-OH is 1. The summed E-state index contributed by atoms with van der Waals surface area (Å²) in [7, 11) is 0. The van der Waals surface area contributed by atoms with Gasteiger partial charge < -0.3 is 15.2 Å². The molecule has 2 rings (SSSR count). The first kappa shape index (κ1) is 26.0. The van der Waals surface area contributed by atoms with Crippen LogP contribution < -0.4 is 10.8 Å². The number of nitrogens with one attached hydrogen (secondary N) is 2. The third kappa shape index (κ3) is 8.31. The van der Waals surface area contributed by atoms with Gasteiger partial charge in [0, 0.05) is 0 Å². The summed E-state index contributed by atoms with van der Waals surface area (Å²) in [5.74, 6) is -3.02. The Balaban J connectivity index is 2.18. The smallest absolute Gasteiger partial charge is 0.407 e. The molecule has 1 amide bonds. The highest BCUT2D eigenvalue weighted by molar-refractivity contribution is 5.68. The van der Waals surface area contributed by atoms with Crippen LogP contribution in [0.25, 0.3) is 0 Å². The Bertz CT molecular complexity index is 942. The number of rotatable bonds is 10. The number of alkyl halides is 2. The zero-order valence-electron chi connectivity index (χ0n) is 18.7. The number of alkyl carbamates (subject to hydrolysis) is 1. The molecule has 2 aromatic rings. The number of amides is 1. The SMILES string of the molecule is CC(C)(C)ONC(=C=O)C(F)(F)C(O)C(Cc1ccccc1)NC(=O)OCc1ccccc1. The molecule has 0 aliphatic rings. The maximum Gasteiger partial charge on any atom is 0.407 e. The van der Waals surface area contributed by atoms with Crippen molar-refractivity contribution in [2.75, 3.05) is 0 Å². The highest BCUT2D eigenvalue weighted by Crippen LogP contribution is 2.29. The molecule has 0 aliphatic carbocycles. The van der Waals surface area contributed by atoms with Crippen molar-refractivity contribution in [3.63, 3.8) is 0 Å². The van der Waals surface area contributed by atoms with Crippen LogP contribution in [0.15, 0.2) is 66.4 Å². The number of hydrogen-bond acceptors (Lipinski definition) is 6. The lowest BCUT2D eigenvalue weighted by Gasteiger charge is -2.31. The molecule has 2 unspecified atom stereocenters. The van der Waals surface area contributed by atoms with E-state index in [0.29, 0.717) is 11.1 Å². The first-order chi connectivity index (χ1) is 15.5. The number of benzene rings is 2. The molecule has 0 spiro atoms. The third-order valence-corrected chi connectivity index (χ3v) is 4.46. The quantitative estimate of drug-likeness (QED) is 0.369. The molecule has 0 fully saturated rings. The van der Waals surface area contributed by atoms with Crippen LogP contribution >= 0.6 is 0 Å². The molecule has 33 heavy (non-hydrogen) atoms. The van der Waals surface area contributed by atoms with Crippen LogP contribution in [0, 0.1) is 0 Å². The van der Waals surface area contributed by atoms with Crippen molar-refractivity contribution in [3.05, 3.63) is 77.5 Å². The molecule has 0 radical (unpaired) electrons. The van der Waals surface area contributed by atoms with Crippen molar-refractivity contribution in [2.24, 2.45) is 0 Å². The summed E-state index contributed by atoms with van der Waals surface area (Å²) in [4.78, 5) is 28.6. The van der Waals surface area contributed by atoms with Crippen LogP contribution in [0.2, 0.25) is 0 Å². The molecule has 9 heteroatoms. The fourth-order valence-electron chi connectivity index (χ4n) is 2.79. The van der Waals surface area contributed by atoms with Gasteiger partial charge in [-0.3, -0.25) is 10.3 Å². The molecule has 178 valence electrons. The van der Waals surface area contributed by atoms with Gasteiger partial charge in [-0.1, -0.05) is 60.7 Å². The average molecular weight is 462 g/mol. The number of carbonyl (C=O) groups excluding carboxylic acids is 2. The van der Waals surface area contributed by atoms with E-state index in [9.17, 15) is 14.7 Å². The Morgan fingerprint density at radius 2 is 1.58 bits per heavy atom. The molecule has 7 nitrogen and oxygen atoms in total. The molecule has 2 aromatic carbocycles. The monoisotopic (exact) mass is 462 g/mol. The van der Waals surface area contributed by atoms with Gasteiger partial charge in [0.2, 0.25) is 0 Å². The van der Waals surface area contributed by atoms with E-state index in [-0.39, 0.29) is 13.0 Å². The second-order valence-corrected chi connectivity index (χ2v) is 8.36. The number of hydroxylamine groups is 1.